The highest BCUT2D eigenvalue weighted by molar-refractivity contribution is 5.86. The van der Waals surface area contributed by atoms with Crippen LogP contribution in [0.25, 0.3) is 0 Å². The molecule has 154 valence electrons. The maximum absolute atomic E-state index is 12.4. The van der Waals surface area contributed by atoms with Crippen molar-refractivity contribution in [3.63, 3.8) is 0 Å². The van der Waals surface area contributed by atoms with Crippen molar-refractivity contribution >= 4 is 30.7 Å². The first-order chi connectivity index (χ1) is 12.0. The highest BCUT2D eigenvalue weighted by Crippen LogP contribution is 2.19. The number of hydrogen-bond acceptors (Lipinski definition) is 4. The van der Waals surface area contributed by atoms with Crippen molar-refractivity contribution in [2.45, 2.75) is 51.2 Å². The van der Waals surface area contributed by atoms with Gasteiger partial charge in [0.15, 0.2) is 0 Å². The van der Waals surface area contributed by atoms with E-state index in [1.165, 1.54) is 31.5 Å². The summed E-state index contributed by atoms with van der Waals surface area (Å²) in [7, 11) is 0. The number of ether oxygens (including phenoxy) is 1. The number of carbonyl (C=O) groups excluding carboxylic acids is 1. The zero-order valence-electron chi connectivity index (χ0n) is 16.1. The third kappa shape index (κ3) is 6.91. The Balaban J connectivity index is 0.00000182. The molecule has 3 rings (SSSR count). The van der Waals surface area contributed by atoms with Crippen molar-refractivity contribution in [2.75, 3.05) is 26.3 Å². The van der Waals surface area contributed by atoms with Crippen molar-refractivity contribution in [3.8, 4) is 0 Å². The van der Waals surface area contributed by atoms with Gasteiger partial charge in [-0.05, 0) is 55.8 Å². The van der Waals surface area contributed by atoms with Crippen LogP contribution in [0.2, 0.25) is 0 Å². The lowest BCUT2D eigenvalue weighted by molar-refractivity contribution is -0.129. The Bertz CT molecular complexity index is 569. The molecule has 0 bridgehead atoms. The third-order valence-corrected chi connectivity index (χ3v) is 5.60. The predicted molar refractivity (Wildman–Crippen MR) is 113 cm³/mol. The van der Waals surface area contributed by atoms with Gasteiger partial charge in [0, 0.05) is 26.3 Å². The summed E-state index contributed by atoms with van der Waals surface area (Å²) in [4.78, 5) is 14.9. The molecule has 1 aromatic carbocycles. The van der Waals surface area contributed by atoms with Crippen molar-refractivity contribution in [1.82, 2.24) is 10.2 Å². The summed E-state index contributed by atoms with van der Waals surface area (Å²) in [5.74, 6) is 0.797. The number of halogens is 2. The molecular weight excluding hydrogens is 385 g/mol. The number of hydrogen-bond donors (Lipinski definition) is 2. The monoisotopic (exact) mass is 417 g/mol. The molecule has 0 radical (unpaired) electrons. The number of rotatable bonds is 5. The van der Waals surface area contributed by atoms with Crippen LogP contribution in [0.3, 0.4) is 0 Å². The molecular formula is C20H33Cl2N3O2. The SMILES string of the molecule is CC1CCN(Cc2ccc(CNC(=O)C3(N)CCOCC3)cc2)CC1.Cl.Cl. The molecule has 0 saturated carbocycles. The summed E-state index contributed by atoms with van der Waals surface area (Å²) in [5, 5.41) is 2.98. The normalized spacial score (nSPS) is 20.2. The average molecular weight is 418 g/mol. The van der Waals surface area contributed by atoms with Gasteiger partial charge in [-0.15, -0.1) is 24.8 Å². The fraction of sp³-hybridized carbons (Fsp3) is 0.650. The van der Waals surface area contributed by atoms with Gasteiger partial charge >= 0.3 is 0 Å². The zero-order valence-corrected chi connectivity index (χ0v) is 17.7. The first-order valence-corrected chi connectivity index (χ1v) is 9.50. The maximum Gasteiger partial charge on any atom is 0.240 e. The van der Waals surface area contributed by atoms with Crippen LogP contribution < -0.4 is 11.1 Å². The van der Waals surface area contributed by atoms with E-state index in [0.717, 1.165) is 18.0 Å². The molecule has 2 fully saturated rings. The third-order valence-electron chi connectivity index (χ3n) is 5.60. The fourth-order valence-corrected chi connectivity index (χ4v) is 3.56. The minimum Gasteiger partial charge on any atom is -0.381 e. The van der Waals surface area contributed by atoms with Crippen LogP contribution in [0.5, 0.6) is 0 Å². The van der Waals surface area contributed by atoms with Crippen molar-refractivity contribution < 1.29 is 9.53 Å². The Morgan fingerprint density at radius 1 is 1.15 bits per heavy atom. The number of nitrogens with zero attached hydrogens (tertiary/aromatic N) is 1. The molecule has 27 heavy (non-hydrogen) atoms. The fourth-order valence-electron chi connectivity index (χ4n) is 3.56. The molecule has 3 N–H and O–H groups in total. The number of piperidine rings is 1. The lowest BCUT2D eigenvalue weighted by Gasteiger charge is -2.31. The standard InChI is InChI=1S/C20H31N3O2.2ClH/c1-16-6-10-23(11-7-16)15-18-4-2-17(3-5-18)14-22-19(24)20(21)8-12-25-13-9-20;;/h2-5,16H,6-15,21H2,1H3,(H,22,24);2*1H. The van der Waals surface area contributed by atoms with E-state index in [-0.39, 0.29) is 30.7 Å². The lowest BCUT2D eigenvalue weighted by Crippen LogP contribution is -2.56. The summed E-state index contributed by atoms with van der Waals surface area (Å²) in [6, 6.07) is 8.56. The van der Waals surface area contributed by atoms with Gasteiger partial charge in [0.05, 0.1) is 5.54 Å². The first-order valence-electron chi connectivity index (χ1n) is 9.50. The van der Waals surface area contributed by atoms with Gasteiger partial charge < -0.3 is 15.8 Å². The minimum atomic E-state index is -0.774. The van der Waals surface area contributed by atoms with Crippen LogP contribution >= 0.6 is 24.8 Å². The van der Waals surface area contributed by atoms with Crippen molar-refractivity contribution in [1.29, 1.82) is 0 Å². The Hall–Kier alpha value is -0.850. The van der Waals surface area contributed by atoms with E-state index in [0.29, 0.717) is 32.6 Å². The summed E-state index contributed by atoms with van der Waals surface area (Å²) in [5.41, 5.74) is 7.88. The van der Waals surface area contributed by atoms with E-state index in [4.69, 9.17) is 10.5 Å². The molecule has 2 aliphatic rings. The molecule has 0 aromatic heterocycles. The summed E-state index contributed by atoms with van der Waals surface area (Å²) in [6.07, 6.45) is 3.78. The van der Waals surface area contributed by atoms with E-state index in [9.17, 15) is 4.79 Å². The van der Waals surface area contributed by atoms with Gasteiger partial charge in [0.2, 0.25) is 5.91 Å². The Labute approximate surface area is 175 Å². The second kappa shape index (κ2) is 11.2. The minimum absolute atomic E-state index is 0. The van der Waals surface area contributed by atoms with Crippen LogP contribution in [-0.2, 0) is 22.6 Å². The Morgan fingerprint density at radius 3 is 2.30 bits per heavy atom. The quantitative estimate of drug-likeness (QED) is 0.772. The van der Waals surface area contributed by atoms with Crippen molar-refractivity contribution in [2.24, 2.45) is 11.7 Å². The number of benzene rings is 1. The zero-order chi connectivity index (χ0) is 17.7. The first kappa shape index (κ1) is 24.2. The average Bonchev–Trinajstić information content (AvgIpc) is 2.63. The van der Waals surface area contributed by atoms with Crippen LogP contribution in [-0.4, -0.2) is 42.6 Å². The lowest BCUT2D eigenvalue weighted by atomic mass is 9.90. The second-order valence-corrected chi connectivity index (χ2v) is 7.73. The molecule has 2 heterocycles. The van der Waals surface area contributed by atoms with Gasteiger partial charge in [-0.25, -0.2) is 0 Å². The van der Waals surface area contributed by atoms with Gasteiger partial charge in [0.25, 0.3) is 0 Å². The predicted octanol–water partition coefficient (Wildman–Crippen LogP) is 2.89. The molecule has 0 spiro atoms. The largest absolute Gasteiger partial charge is 0.381 e. The number of amides is 1. The molecule has 2 saturated heterocycles. The highest BCUT2D eigenvalue weighted by Gasteiger charge is 2.35. The van der Waals surface area contributed by atoms with E-state index in [1.807, 2.05) is 0 Å². The number of nitrogens with two attached hydrogens (primary N) is 1. The summed E-state index contributed by atoms with van der Waals surface area (Å²) >= 11 is 0. The van der Waals surface area contributed by atoms with E-state index in [2.05, 4.69) is 41.4 Å². The second-order valence-electron chi connectivity index (χ2n) is 7.73. The van der Waals surface area contributed by atoms with Crippen LogP contribution in [0, 0.1) is 5.92 Å². The Morgan fingerprint density at radius 2 is 1.70 bits per heavy atom. The van der Waals surface area contributed by atoms with Crippen molar-refractivity contribution in [3.05, 3.63) is 35.4 Å². The van der Waals surface area contributed by atoms with Crippen LogP contribution in [0.1, 0.15) is 43.7 Å². The molecule has 0 aliphatic carbocycles. The van der Waals surface area contributed by atoms with Crippen LogP contribution in [0.15, 0.2) is 24.3 Å². The number of nitrogens with one attached hydrogen (secondary N) is 1. The van der Waals surface area contributed by atoms with E-state index < -0.39 is 5.54 Å². The molecule has 2 aliphatic heterocycles. The highest BCUT2D eigenvalue weighted by atomic mass is 35.5. The van der Waals surface area contributed by atoms with Gasteiger partial charge in [-0.1, -0.05) is 31.2 Å². The molecule has 0 unspecified atom stereocenters. The van der Waals surface area contributed by atoms with Gasteiger partial charge in [0.1, 0.15) is 0 Å². The molecule has 5 nitrogen and oxygen atoms in total. The van der Waals surface area contributed by atoms with E-state index >= 15 is 0 Å². The summed E-state index contributed by atoms with van der Waals surface area (Å²) in [6.45, 7) is 7.40. The van der Waals surface area contributed by atoms with E-state index in [1.54, 1.807) is 0 Å². The molecule has 1 amide bonds. The van der Waals surface area contributed by atoms with Gasteiger partial charge in [-0.2, -0.15) is 0 Å². The smallest absolute Gasteiger partial charge is 0.240 e. The maximum atomic E-state index is 12.4. The number of carbonyl (C=O) groups is 1. The molecule has 1 aromatic rings. The topological polar surface area (TPSA) is 67.6 Å². The molecule has 0 atom stereocenters. The Kier molecular flexibility index (Phi) is 10.1. The van der Waals surface area contributed by atoms with Crippen LogP contribution in [0.4, 0.5) is 0 Å². The molecule has 7 heteroatoms. The summed E-state index contributed by atoms with van der Waals surface area (Å²) < 4.78 is 5.30. The number of likely N-dealkylation sites (tertiary alicyclic amines) is 1. The van der Waals surface area contributed by atoms with Gasteiger partial charge in [-0.3, -0.25) is 9.69 Å².